The number of ether oxygens (including phenoxy) is 1. The number of likely N-dealkylation sites (tertiary alicyclic amines) is 1. The number of nitrogens with zero attached hydrogens (tertiary/aromatic N) is 2. The van der Waals surface area contributed by atoms with Crippen LogP contribution in [0.15, 0.2) is 6.20 Å². The van der Waals surface area contributed by atoms with Crippen molar-refractivity contribution in [2.24, 2.45) is 11.8 Å². The van der Waals surface area contributed by atoms with E-state index in [4.69, 9.17) is 0 Å². The highest BCUT2D eigenvalue weighted by Crippen LogP contribution is 2.35. The Morgan fingerprint density at radius 3 is 2.68 bits per heavy atom. The molecule has 1 aromatic heterocycles. The molecule has 0 aromatic carbocycles. The number of carbonyl (C=O) groups excluding carboxylic acids is 2. The number of thiazole rings is 1. The molecule has 0 aliphatic carbocycles. The Balaban J connectivity index is 1.99. The number of rotatable bonds is 2. The summed E-state index contributed by atoms with van der Waals surface area (Å²) < 4.78 is 42.1. The average Bonchev–Trinajstić information content (AvgIpc) is 3.04. The van der Waals surface area contributed by atoms with Crippen LogP contribution >= 0.6 is 11.3 Å². The van der Waals surface area contributed by atoms with Gasteiger partial charge in [-0.25, -0.2) is 9.78 Å². The summed E-state index contributed by atoms with van der Waals surface area (Å²) in [5.41, 5.74) is 0. The zero-order valence-electron chi connectivity index (χ0n) is 11.8. The van der Waals surface area contributed by atoms with E-state index in [2.05, 4.69) is 15.0 Å². The van der Waals surface area contributed by atoms with Crippen LogP contribution in [0.3, 0.4) is 0 Å². The molecule has 2 rings (SSSR count). The number of methoxy groups -OCH3 is 1. The van der Waals surface area contributed by atoms with Crippen LogP contribution in [0.5, 0.6) is 0 Å². The van der Waals surface area contributed by atoms with Gasteiger partial charge in [-0.2, -0.15) is 13.2 Å². The van der Waals surface area contributed by atoms with E-state index in [0.717, 1.165) is 0 Å². The maximum Gasteiger partial charge on any atom is 0.427 e. The number of carbonyl (C=O) groups is 2. The van der Waals surface area contributed by atoms with E-state index in [1.54, 1.807) is 6.92 Å². The van der Waals surface area contributed by atoms with Gasteiger partial charge >= 0.3 is 18.2 Å². The number of esters is 1. The van der Waals surface area contributed by atoms with Crippen molar-refractivity contribution < 1.29 is 27.5 Å². The summed E-state index contributed by atoms with van der Waals surface area (Å²) in [6, 6.07) is -0.582. The first-order valence-electron chi connectivity index (χ1n) is 6.39. The number of hydrogen-bond donors (Lipinski definition) is 1. The van der Waals surface area contributed by atoms with Gasteiger partial charge in [-0.15, -0.1) is 0 Å². The van der Waals surface area contributed by atoms with Crippen molar-refractivity contribution in [1.29, 1.82) is 0 Å². The minimum atomic E-state index is -4.49. The topological polar surface area (TPSA) is 71.5 Å². The highest BCUT2D eigenvalue weighted by atomic mass is 32.1. The molecule has 0 radical (unpaired) electrons. The highest BCUT2D eigenvalue weighted by Gasteiger charge is 2.38. The molecule has 2 heterocycles. The van der Waals surface area contributed by atoms with E-state index in [1.165, 1.54) is 12.0 Å². The number of amides is 2. The lowest BCUT2D eigenvalue weighted by Crippen LogP contribution is -2.33. The molecule has 122 valence electrons. The molecule has 1 aliphatic heterocycles. The molecule has 1 saturated heterocycles. The summed E-state index contributed by atoms with van der Waals surface area (Å²) in [6.45, 7) is 2.29. The van der Waals surface area contributed by atoms with Gasteiger partial charge in [0.1, 0.15) is 4.88 Å². The first kappa shape index (κ1) is 16.5. The number of hydrogen-bond acceptors (Lipinski definition) is 5. The van der Waals surface area contributed by atoms with Gasteiger partial charge in [0.2, 0.25) is 0 Å². The summed E-state index contributed by atoms with van der Waals surface area (Å²) >= 11 is 0.353. The van der Waals surface area contributed by atoms with Crippen LogP contribution in [0.4, 0.5) is 23.1 Å². The van der Waals surface area contributed by atoms with Crippen molar-refractivity contribution in [3.05, 3.63) is 11.1 Å². The molecule has 6 nitrogen and oxygen atoms in total. The Hall–Kier alpha value is -1.84. The number of aromatic nitrogens is 1. The zero-order valence-corrected chi connectivity index (χ0v) is 12.6. The van der Waals surface area contributed by atoms with Gasteiger partial charge in [0.05, 0.1) is 19.2 Å². The average molecular weight is 337 g/mol. The van der Waals surface area contributed by atoms with Crippen LogP contribution in [0, 0.1) is 11.8 Å². The van der Waals surface area contributed by atoms with Gasteiger partial charge in [0.25, 0.3) is 0 Å². The Labute approximate surface area is 128 Å². The van der Waals surface area contributed by atoms with E-state index < -0.39 is 29.0 Å². The minimum Gasteiger partial charge on any atom is -0.469 e. The number of anilines is 1. The lowest BCUT2D eigenvalue weighted by Gasteiger charge is -2.15. The molecule has 1 aromatic rings. The summed E-state index contributed by atoms with van der Waals surface area (Å²) in [6.07, 6.45) is -3.82. The number of urea groups is 1. The fourth-order valence-corrected chi connectivity index (χ4v) is 2.90. The van der Waals surface area contributed by atoms with Gasteiger partial charge < -0.3 is 9.64 Å². The molecule has 1 fully saturated rings. The molecule has 2 amide bonds. The molecular weight excluding hydrogens is 323 g/mol. The van der Waals surface area contributed by atoms with Crippen molar-refractivity contribution in [2.45, 2.75) is 13.1 Å². The molecule has 0 spiro atoms. The Morgan fingerprint density at radius 1 is 1.45 bits per heavy atom. The lowest BCUT2D eigenvalue weighted by molar-refractivity contribution is -0.146. The predicted molar refractivity (Wildman–Crippen MR) is 72.4 cm³/mol. The van der Waals surface area contributed by atoms with Gasteiger partial charge in [-0.05, 0) is 5.92 Å². The summed E-state index contributed by atoms with van der Waals surface area (Å²) in [5, 5.41) is 2.18. The van der Waals surface area contributed by atoms with Crippen LogP contribution in [0.25, 0.3) is 0 Å². The zero-order chi connectivity index (χ0) is 16.5. The standard InChI is InChI=1S/C12H14F3N3O3S/c1-6-4-18(5-7(6)9(19)21-2)11(20)17-10-16-3-8(22-10)12(13,14)15/h3,6-7H,4-5H2,1-2H3,(H,16,17,20)/t6-,7-/m1/s1. The van der Waals surface area contributed by atoms with E-state index in [0.29, 0.717) is 24.1 Å². The summed E-state index contributed by atoms with van der Waals surface area (Å²) in [4.78, 5) is 27.6. The third kappa shape index (κ3) is 3.49. The monoisotopic (exact) mass is 337 g/mol. The molecule has 0 unspecified atom stereocenters. The molecule has 1 N–H and O–H groups in total. The summed E-state index contributed by atoms with van der Waals surface area (Å²) in [5.74, 6) is -0.922. The van der Waals surface area contributed by atoms with E-state index in [1.807, 2.05) is 0 Å². The predicted octanol–water partition coefficient (Wildman–Crippen LogP) is 2.43. The molecule has 22 heavy (non-hydrogen) atoms. The van der Waals surface area contributed by atoms with Crippen molar-refractivity contribution in [3.8, 4) is 0 Å². The van der Waals surface area contributed by atoms with Crippen molar-refractivity contribution >= 4 is 28.5 Å². The third-order valence-corrected chi connectivity index (χ3v) is 4.36. The van der Waals surface area contributed by atoms with Crippen molar-refractivity contribution in [3.63, 3.8) is 0 Å². The summed E-state index contributed by atoms with van der Waals surface area (Å²) in [7, 11) is 1.27. The minimum absolute atomic E-state index is 0.0831. The Bertz CT molecular complexity index is 575. The molecule has 1 aliphatic rings. The SMILES string of the molecule is COC(=O)[C@@H]1CN(C(=O)Nc2ncc(C(F)(F)F)s2)C[C@H]1C. The molecule has 2 atom stereocenters. The largest absolute Gasteiger partial charge is 0.469 e. The van der Waals surface area contributed by atoms with Gasteiger partial charge in [-0.3, -0.25) is 10.1 Å². The second-order valence-corrected chi connectivity index (χ2v) is 6.00. The normalized spacial score (nSPS) is 21.8. The second-order valence-electron chi connectivity index (χ2n) is 4.97. The van der Waals surface area contributed by atoms with E-state index in [9.17, 15) is 22.8 Å². The fourth-order valence-electron chi connectivity index (χ4n) is 2.22. The number of alkyl halides is 3. The van der Waals surface area contributed by atoms with Crippen LogP contribution in [0.2, 0.25) is 0 Å². The maximum absolute atomic E-state index is 12.5. The second kappa shape index (κ2) is 6.11. The maximum atomic E-state index is 12.5. The first-order chi connectivity index (χ1) is 10.2. The van der Waals surface area contributed by atoms with Crippen LogP contribution < -0.4 is 5.32 Å². The van der Waals surface area contributed by atoms with Crippen LogP contribution in [-0.2, 0) is 15.7 Å². The van der Waals surface area contributed by atoms with Gasteiger partial charge in [-0.1, -0.05) is 18.3 Å². The highest BCUT2D eigenvalue weighted by molar-refractivity contribution is 7.15. The number of nitrogens with one attached hydrogen (secondary N) is 1. The molecule has 10 heteroatoms. The molecule has 0 saturated carbocycles. The van der Waals surface area contributed by atoms with E-state index in [-0.39, 0.29) is 17.6 Å². The van der Waals surface area contributed by atoms with Crippen molar-refractivity contribution in [1.82, 2.24) is 9.88 Å². The van der Waals surface area contributed by atoms with Crippen LogP contribution in [0.1, 0.15) is 11.8 Å². The van der Waals surface area contributed by atoms with Gasteiger partial charge in [0.15, 0.2) is 5.13 Å². The van der Waals surface area contributed by atoms with Gasteiger partial charge in [0, 0.05) is 13.1 Å². The molecule has 0 bridgehead atoms. The Morgan fingerprint density at radius 2 is 2.14 bits per heavy atom. The smallest absolute Gasteiger partial charge is 0.427 e. The fraction of sp³-hybridized carbons (Fsp3) is 0.583. The molecular formula is C12H14F3N3O3S. The quantitative estimate of drug-likeness (QED) is 0.842. The first-order valence-corrected chi connectivity index (χ1v) is 7.20. The lowest BCUT2D eigenvalue weighted by atomic mass is 9.99. The third-order valence-electron chi connectivity index (χ3n) is 3.40. The Kier molecular flexibility index (Phi) is 4.59. The van der Waals surface area contributed by atoms with Crippen molar-refractivity contribution in [2.75, 3.05) is 25.5 Å². The number of halogens is 3. The van der Waals surface area contributed by atoms with Crippen LogP contribution in [-0.4, -0.2) is 42.1 Å². The van der Waals surface area contributed by atoms with E-state index >= 15 is 0 Å².